The fourth-order valence-electron chi connectivity index (χ4n) is 5.65. The molecule has 0 N–H and O–H groups in total. The molecule has 0 bridgehead atoms. The first-order valence-corrected chi connectivity index (χ1v) is 14.8. The molecule has 46 heavy (non-hydrogen) atoms. The van der Waals surface area contributed by atoms with Crippen LogP contribution in [0.1, 0.15) is 45.7 Å². The molecule has 3 aromatic heterocycles. The Morgan fingerprint density at radius 3 is 2.24 bits per heavy atom. The summed E-state index contributed by atoms with van der Waals surface area (Å²) in [6, 6.07) is 39.3. The number of benzene rings is 5. The molecule has 0 saturated heterocycles. The van der Waals surface area contributed by atoms with Crippen molar-refractivity contribution in [2.75, 3.05) is 0 Å². The van der Waals surface area contributed by atoms with Crippen molar-refractivity contribution < 1.29 is 32.7 Å². The maximum absolute atomic E-state index is 7.28. The number of hydrogen-bond acceptors (Lipinski definition) is 3. The number of nitrogens with zero attached hydrogens (tertiary/aromatic N) is 2. The predicted molar refractivity (Wildman–Crippen MR) is 187 cm³/mol. The number of hydrogen-bond donors (Lipinski definition) is 0. The van der Waals surface area contributed by atoms with Crippen LogP contribution >= 0.6 is 0 Å². The number of aromatic nitrogens is 2. The van der Waals surface area contributed by atoms with Crippen LogP contribution in [0.5, 0.6) is 0 Å². The maximum atomic E-state index is 7.28. The third-order valence-electron chi connectivity index (χ3n) is 8.04. The van der Waals surface area contributed by atoms with Gasteiger partial charge in [-0.15, -0.1) is 53.6 Å². The van der Waals surface area contributed by atoms with Crippen LogP contribution in [0.4, 0.5) is 0 Å². The summed E-state index contributed by atoms with van der Waals surface area (Å²) >= 11 is 0. The van der Waals surface area contributed by atoms with Crippen LogP contribution in [0.2, 0.25) is 0 Å². The first kappa shape index (κ1) is 24.6. The van der Waals surface area contributed by atoms with Crippen LogP contribution in [0.3, 0.4) is 0 Å². The van der Waals surface area contributed by atoms with Crippen molar-refractivity contribution in [3.63, 3.8) is 0 Å². The van der Waals surface area contributed by atoms with Crippen molar-refractivity contribution in [3.05, 3.63) is 144 Å². The molecule has 5 aromatic carbocycles. The van der Waals surface area contributed by atoms with Gasteiger partial charge in [0, 0.05) is 51.5 Å². The Morgan fingerprint density at radius 2 is 1.48 bits per heavy atom. The molecule has 8 rings (SSSR count). The van der Waals surface area contributed by atoms with Crippen molar-refractivity contribution in [1.82, 2.24) is 9.97 Å². The molecule has 0 aliphatic rings. The standard InChI is InChI=1S/C29H22NO.C13H12N.Ir/c1-29(2,3)20-15-16-30-25(17-20)24-10-6-9-22-23-14-13-19-12-11-18-7-4-5-8-21(18)26(19)28(23)31-27(22)24;1-10-3-6-12(7-4-10)13-8-5-11(2)9-14-13;/h4-9,11-17H,1-3H3;3-6,8-9H,1-2H3;/q2*-1;/i;1D3,2D3;. The minimum atomic E-state index is -2.18. The molecule has 0 aliphatic heterocycles. The molecule has 8 aromatic rings. The molecule has 1 radical (unpaired) electrons. The smallest absolute Gasteiger partial charge is 0.129 e. The summed E-state index contributed by atoms with van der Waals surface area (Å²) in [7, 11) is 0. The van der Waals surface area contributed by atoms with Crippen molar-refractivity contribution in [2.24, 2.45) is 0 Å². The molecular formula is C42H34IrN2O-2. The summed E-state index contributed by atoms with van der Waals surface area (Å²) < 4.78 is 50.3. The number of aryl methyl sites for hydroxylation is 2. The van der Waals surface area contributed by atoms with Gasteiger partial charge in [0.25, 0.3) is 0 Å². The number of fused-ring (bicyclic) bond motifs is 7. The molecule has 4 heteroatoms. The fraction of sp³-hybridized carbons (Fsp3) is 0.143. The van der Waals surface area contributed by atoms with Crippen molar-refractivity contribution in [2.45, 2.75) is 39.9 Å². The van der Waals surface area contributed by atoms with Crippen molar-refractivity contribution in [3.8, 4) is 22.5 Å². The summed E-state index contributed by atoms with van der Waals surface area (Å²) in [5, 5.41) is 7.00. The average molecular weight is 781 g/mol. The van der Waals surface area contributed by atoms with Gasteiger partial charge in [0.2, 0.25) is 0 Å². The summed E-state index contributed by atoms with van der Waals surface area (Å²) in [6.07, 6.45) is 3.18. The van der Waals surface area contributed by atoms with E-state index in [9.17, 15) is 0 Å². The topological polar surface area (TPSA) is 38.9 Å². The maximum Gasteiger partial charge on any atom is 0.129 e. The van der Waals surface area contributed by atoms with Gasteiger partial charge in [-0.3, -0.25) is 0 Å². The SMILES string of the molecule is CC(C)(C)c1ccnc(-c2[c-]ccc3c2oc2c3ccc3ccc4ccccc4c32)c1.[2H]C([2H])([2H])c1c[c-]c(-c2ccc(C([2H])([2H])[2H])cn2)cc1.[Ir]. The summed E-state index contributed by atoms with van der Waals surface area (Å²) in [4.78, 5) is 8.74. The van der Waals surface area contributed by atoms with E-state index in [-0.39, 0.29) is 36.6 Å². The van der Waals surface area contributed by atoms with E-state index in [2.05, 4.69) is 110 Å². The van der Waals surface area contributed by atoms with Crippen LogP contribution in [-0.4, -0.2) is 9.97 Å². The van der Waals surface area contributed by atoms with Crippen LogP contribution in [0, 0.1) is 25.8 Å². The molecule has 0 saturated carbocycles. The van der Waals surface area contributed by atoms with Gasteiger partial charge in [-0.2, -0.15) is 0 Å². The van der Waals surface area contributed by atoms with Crippen LogP contribution in [0.25, 0.3) is 66.0 Å². The van der Waals surface area contributed by atoms with E-state index in [0.717, 1.165) is 38.6 Å². The van der Waals surface area contributed by atoms with E-state index in [1.54, 1.807) is 12.1 Å². The largest absolute Gasteiger partial charge is 0.500 e. The van der Waals surface area contributed by atoms with Gasteiger partial charge in [-0.05, 0) is 57.0 Å². The molecule has 0 atom stereocenters. The summed E-state index contributed by atoms with van der Waals surface area (Å²) in [5.74, 6) is 0. The second kappa shape index (κ2) is 12.6. The summed E-state index contributed by atoms with van der Waals surface area (Å²) in [5.41, 5.74) is 6.42. The molecule has 0 amide bonds. The minimum absolute atomic E-state index is 0. The van der Waals surface area contributed by atoms with E-state index in [1.165, 1.54) is 46.1 Å². The average Bonchev–Trinajstić information content (AvgIpc) is 3.50. The Kier molecular flexibility index (Phi) is 6.75. The van der Waals surface area contributed by atoms with Gasteiger partial charge >= 0.3 is 0 Å². The Labute approximate surface area is 292 Å². The van der Waals surface area contributed by atoms with E-state index >= 15 is 0 Å². The minimum Gasteiger partial charge on any atom is -0.500 e. The Balaban J connectivity index is 0.000000193. The van der Waals surface area contributed by atoms with E-state index in [0.29, 0.717) is 11.3 Å². The normalized spacial score (nSPS) is 13.9. The molecule has 229 valence electrons. The molecule has 0 unspecified atom stereocenters. The zero-order chi connectivity index (χ0) is 36.1. The molecule has 0 fully saturated rings. The van der Waals surface area contributed by atoms with E-state index < -0.39 is 13.7 Å². The zero-order valence-electron chi connectivity index (χ0n) is 31.6. The second-order valence-corrected chi connectivity index (χ2v) is 12.1. The van der Waals surface area contributed by atoms with Gasteiger partial charge in [0.1, 0.15) is 5.58 Å². The predicted octanol–water partition coefficient (Wildman–Crippen LogP) is 11.2. The second-order valence-electron chi connectivity index (χ2n) is 12.1. The first-order valence-electron chi connectivity index (χ1n) is 17.8. The zero-order valence-corrected chi connectivity index (χ0v) is 28.0. The quantitative estimate of drug-likeness (QED) is 0.130. The molecule has 0 aliphatic carbocycles. The summed E-state index contributed by atoms with van der Waals surface area (Å²) in [6.45, 7) is 2.31. The van der Waals surface area contributed by atoms with Gasteiger partial charge in [-0.25, -0.2) is 0 Å². The van der Waals surface area contributed by atoms with Gasteiger partial charge < -0.3 is 14.4 Å². The Bertz CT molecular complexity index is 2480. The number of rotatable bonds is 2. The van der Waals surface area contributed by atoms with Crippen LogP contribution < -0.4 is 0 Å². The fourth-order valence-corrected chi connectivity index (χ4v) is 5.65. The van der Waals surface area contributed by atoms with Crippen LogP contribution in [-0.2, 0) is 25.5 Å². The third kappa shape index (κ3) is 5.99. The Morgan fingerprint density at radius 1 is 0.696 bits per heavy atom. The molecule has 3 nitrogen and oxygen atoms in total. The monoisotopic (exact) mass is 781 g/mol. The van der Waals surface area contributed by atoms with Gasteiger partial charge in [0.15, 0.2) is 0 Å². The molecule has 3 heterocycles. The van der Waals surface area contributed by atoms with Gasteiger partial charge in [-0.1, -0.05) is 105 Å². The van der Waals surface area contributed by atoms with E-state index in [4.69, 9.17) is 12.6 Å². The number of pyridine rings is 2. The van der Waals surface area contributed by atoms with Crippen LogP contribution in [0.15, 0.2) is 120 Å². The van der Waals surface area contributed by atoms with Crippen molar-refractivity contribution in [1.29, 1.82) is 0 Å². The Hall–Kier alpha value is -4.63. The number of furan rings is 1. The third-order valence-corrected chi connectivity index (χ3v) is 8.04. The molecular weight excluding hydrogens is 741 g/mol. The van der Waals surface area contributed by atoms with Gasteiger partial charge in [0.05, 0.1) is 5.58 Å². The van der Waals surface area contributed by atoms with Crippen molar-refractivity contribution >= 4 is 43.5 Å². The molecule has 0 spiro atoms. The first-order chi connectivity index (χ1) is 24.2. The van der Waals surface area contributed by atoms with E-state index in [1.807, 2.05) is 12.3 Å².